The lowest BCUT2D eigenvalue weighted by Crippen LogP contribution is -2.49. The minimum atomic E-state index is -0.169. The molecule has 0 aliphatic carbocycles. The summed E-state index contributed by atoms with van der Waals surface area (Å²) in [6.07, 6.45) is 6.51. The van der Waals surface area contributed by atoms with Crippen molar-refractivity contribution in [2.45, 2.75) is 25.7 Å². The van der Waals surface area contributed by atoms with Gasteiger partial charge in [-0.1, -0.05) is 6.42 Å². The van der Waals surface area contributed by atoms with Crippen molar-refractivity contribution in [1.29, 1.82) is 0 Å². The highest BCUT2D eigenvalue weighted by Gasteiger charge is 2.23. The molecular formula is C23H31N5O3. The summed E-state index contributed by atoms with van der Waals surface area (Å²) in [7, 11) is 0. The van der Waals surface area contributed by atoms with Gasteiger partial charge in [-0.05, 0) is 56.6 Å². The number of aromatic amines is 1. The van der Waals surface area contributed by atoms with Crippen LogP contribution < -0.4 is 15.2 Å². The molecule has 2 aromatic rings. The zero-order chi connectivity index (χ0) is 21.5. The van der Waals surface area contributed by atoms with Crippen LogP contribution in [0.1, 0.15) is 36.0 Å². The molecule has 31 heavy (non-hydrogen) atoms. The first-order chi connectivity index (χ1) is 15.2. The molecule has 8 nitrogen and oxygen atoms in total. The second-order valence-corrected chi connectivity index (χ2v) is 8.17. The number of hydrogen-bond donors (Lipinski definition) is 1. The molecule has 8 heteroatoms. The number of ether oxygens (including phenoxy) is 1. The first-order valence-electron chi connectivity index (χ1n) is 11.2. The second kappa shape index (κ2) is 10.4. The van der Waals surface area contributed by atoms with Gasteiger partial charge in [0.05, 0.1) is 6.61 Å². The van der Waals surface area contributed by atoms with Gasteiger partial charge in [0.25, 0.3) is 11.5 Å². The molecular weight excluding hydrogens is 394 g/mol. The highest BCUT2D eigenvalue weighted by Crippen LogP contribution is 2.16. The van der Waals surface area contributed by atoms with Gasteiger partial charge in [-0.25, -0.2) is 4.98 Å². The number of carbonyl (C=O) groups excluding carboxylic acids is 1. The molecule has 0 saturated carbocycles. The molecule has 1 aromatic heterocycles. The first-order valence-corrected chi connectivity index (χ1v) is 11.2. The van der Waals surface area contributed by atoms with Crippen LogP contribution in [0.15, 0.2) is 41.3 Å². The zero-order valence-electron chi connectivity index (χ0n) is 18.0. The van der Waals surface area contributed by atoms with Gasteiger partial charge in [0.15, 0.2) is 0 Å². The summed E-state index contributed by atoms with van der Waals surface area (Å²) in [5, 5.41) is 0. The fourth-order valence-corrected chi connectivity index (χ4v) is 4.18. The van der Waals surface area contributed by atoms with Crippen molar-refractivity contribution in [2.75, 3.05) is 57.3 Å². The molecule has 2 aliphatic heterocycles. The van der Waals surface area contributed by atoms with Crippen molar-refractivity contribution in [3.05, 3.63) is 52.4 Å². The number of piperidine rings is 1. The lowest BCUT2D eigenvalue weighted by molar-refractivity contribution is 0.0746. The number of H-pyrrole nitrogens is 1. The van der Waals surface area contributed by atoms with E-state index in [0.29, 0.717) is 44.3 Å². The summed E-state index contributed by atoms with van der Waals surface area (Å²) in [6.45, 7) is 6.66. The number of nitrogens with zero attached hydrogens (tertiary/aromatic N) is 4. The number of hydrogen-bond acceptors (Lipinski definition) is 6. The minimum Gasteiger partial charge on any atom is -0.494 e. The predicted molar refractivity (Wildman–Crippen MR) is 120 cm³/mol. The van der Waals surface area contributed by atoms with Crippen molar-refractivity contribution in [3.63, 3.8) is 0 Å². The SMILES string of the molecule is O=C(c1ccc(OCCCN2CCCCC2)cc1)N1CCN(c2nccc(=O)[nH]2)CC1. The van der Waals surface area contributed by atoms with Crippen molar-refractivity contribution in [1.82, 2.24) is 19.8 Å². The van der Waals surface area contributed by atoms with Crippen LogP contribution in [-0.2, 0) is 0 Å². The van der Waals surface area contributed by atoms with Crippen LogP contribution >= 0.6 is 0 Å². The van der Waals surface area contributed by atoms with Crippen LogP contribution in [0.25, 0.3) is 0 Å². The number of aromatic nitrogens is 2. The Hall–Kier alpha value is -2.87. The smallest absolute Gasteiger partial charge is 0.253 e. The van der Waals surface area contributed by atoms with Gasteiger partial charge in [-0.15, -0.1) is 0 Å². The summed E-state index contributed by atoms with van der Waals surface area (Å²) in [5.74, 6) is 1.38. The highest BCUT2D eigenvalue weighted by atomic mass is 16.5. The number of anilines is 1. The quantitative estimate of drug-likeness (QED) is 0.684. The molecule has 1 aromatic carbocycles. The predicted octanol–water partition coefficient (Wildman–Crippen LogP) is 1.99. The van der Waals surface area contributed by atoms with E-state index in [4.69, 9.17) is 4.74 Å². The number of amides is 1. The van der Waals surface area contributed by atoms with Crippen LogP contribution in [0.5, 0.6) is 5.75 Å². The third kappa shape index (κ3) is 5.85. The second-order valence-electron chi connectivity index (χ2n) is 8.17. The summed E-state index contributed by atoms with van der Waals surface area (Å²) in [6, 6.07) is 8.83. The van der Waals surface area contributed by atoms with Gasteiger partial charge >= 0.3 is 0 Å². The van der Waals surface area contributed by atoms with E-state index >= 15 is 0 Å². The molecule has 0 atom stereocenters. The molecule has 3 heterocycles. The fourth-order valence-electron chi connectivity index (χ4n) is 4.18. The Morgan fingerprint density at radius 3 is 2.42 bits per heavy atom. The lowest BCUT2D eigenvalue weighted by Gasteiger charge is -2.35. The van der Waals surface area contributed by atoms with Crippen LogP contribution in [-0.4, -0.2) is 78.1 Å². The Morgan fingerprint density at radius 1 is 0.968 bits per heavy atom. The molecule has 1 N–H and O–H groups in total. The molecule has 2 aliphatic rings. The van der Waals surface area contributed by atoms with E-state index in [0.717, 1.165) is 18.7 Å². The van der Waals surface area contributed by atoms with E-state index in [1.165, 1.54) is 44.6 Å². The van der Waals surface area contributed by atoms with Crippen LogP contribution in [0, 0.1) is 0 Å². The third-order valence-electron chi connectivity index (χ3n) is 5.96. The monoisotopic (exact) mass is 425 g/mol. The van der Waals surface area contributed by atoms with E-state index < -0.39 is 0 Å². The number of rotatable bonds is 7. The number of piperazine rings is 1. The number of benzene rings is 1. The maximum Gasteiger partial charge on any atom is 0.253 e. The Morgan fingerprint density at radius 2 is 1.71 bits per heavy atom. The van der Waals surface area contributed by atoms with Gasteiger partial charge in [-0.2, -0.15) is 0 Å². The Labute approximate surface area is 182 Å². The fraction of sp³-hybridized carbons (Fsp3) is 0.522. The van der Waals surface area contributed by atoms with Crippen LogP contribution in [0.4, 0.5) is 5.95 Å². The van der Waals surface area contributed by atoms with Crippen molar-refractivity contribution in [2.24, 2.45) is 0 Å². The summed E-state index contributed by atoms with van der Waals surface area (Å²) >= 11 is 0. The van der Waals surface area contributed by atoms with E-state index in [9.17, 15) is 9.59 Å². The van der Waals surface area contributed by atoms with E-state index in [2.05, 4.69) is 14.9 Å². The van der Waals surface area contributed by atoms with Gasteiger partial charge in [0, 0.05) is 50.6 Å². The Kier molecular flexibility index (Phi) is 7.19. The summed E-state index contributed by atoms with van der Waals surface area (Å²) < 4.78 is 5.86. The van der Waals surface area contributed by atoms with E-state index in [1.54, 1.807) is 0 Å². The normalized spacial score (nSPS) is 17.5. The van der Waals surface area contributed by atoms with Gasteiger partial charge < -0.3 is 19.4 Å². The molecule has 0 bridgehead atoms. The van der Waals surface area contributed by atoms with Crippen molar-refractivity contribution < 1.29 is 9.53 Å². The molecule has 0 radical (unpaired) electrons. The Balaban J connectivity index is 1.21. The summed E-state index contributed by atoms with van der Waals surface area (Å²) in [5.41, 5.74) is 0.498. The van der Waals surface area contributed by atoms with Crippen LogP contribution in [0.2, 0.25) is 0 Å². The molecule has 0 unspecified atom stereocenters. The Bertz CT molecular complexity index is 900. The standard InChI is InChI=1S/C23H31N5O3/c29-21-9-10-24-23(25-21)28-16-14-27(15-17-28)22(30)19-5-7-20(8-6-19)31-18-4-13-26-11-2-1-3-12-26/h5-10H,1-4,11-18H2,(H,24,25,29). The number of likely N-dealkylation sites (tertiary alicyclic amines) is 1. The molecule has 0 spiro atoms. The van der Waals surface area contributed by atoms with Crippen molar-refractivity contribution in [3.8, 4) is 5.75 Å². The molecule has 1 amide bonds. The van der Waals surface area contributed by atoms with Gasteiger partial charge in [-0.3, -0.25) is 14.6 Å². The molecule has 2 saturated heterocycles. The minimum absolute atomic E-state index is 0.0193. The van der Waals surface area contributed by atoms with Crippen LogP contribution in [0.3, 0.4) is 0 Å². The van der Waals surface area contributed by atoms with Gasteiger partial charge in [0.2, 0.25) is 5.95 Å². The molecule has 4 rings (SSSR count). The first kappa shape index (κ1) is 21.4. The zero-order valence-corrected chi connectivity index (χ0v) is 18.0. The lowest BCUT2D eigenvalue weighted by atomic mass is 10.1. The van der Waals surface area contributed by atoms with Gasteiger partial charge in [0.1, 0.15) is 5.75 Å². The molecule has 166 valence electrons. The summed E-state index contributed by atoms with van der Waals surface area (Å²) in [4.78, 5) is 37.6. The average Bonchev–Trinajstić information content (AvgIpc) is 2.83. The largest absolute Gasteiger partial charge is 0.494 e. The maximum absolute atomic E-state index is 12.8. The molecule has 2 fully saturated rings. The van der Waals surface area contributed by atoms with Crippen molar-refractivity contribution >= 4 is 11.9 Å². The topological polar surface area (TPSA) is 81.8 Å². The van der Waals surface area contributed by atoms with E-state index in [-0.39, 0.29) is 11.5 Å². The highest BCUT2D eigenvalue weighted by molar-refractivity contribution is 5.94. The maximum atomic E-state index is 12.8. The number of nitrogens with one attached hydrogen (secondary N) is 1. The average molecular weight is 426 g/mol. The third-order valence-corrected chi connectivity index (χ3v) is 5.96. The van der Waals surface area contributed by atoms with E-state index in [1.807, 2.05) is 34.1 Å². The number of carbonyl (C=O) groups is 1.